The van der Waals surface area contributed by atoms with Crippen LogP contribution in [-0.4, -0.2) is 29.3 Å². The number of amides is 1. The van der Waals surface area contributed by atoms with E-state index < -0.39 is 4.92 Å². The van der Waals surface area contributed by atoms with Crippen LogP contribution in [0.3, 0.4) is 0 Å². The smallest absolute Gasteiger partial charge is 0.282 e. The summed E-state index contributed by atoms with van der Waals surface area (Å²) in [6.07, 6.45) is 4.64. The molecule has 108 valence electrons. The van der Waals surface area contributed by atoms with Crippen LogP contribution in [0, 0.1) is 16.0 Å². The molecule has 1 aromatic carbocycles. The second-order valence-electron chi connectivity index (χ2n) is 5.25. The van der Waals surface area contributed by atoms with E-state index in [0.717, 1.165) is 12.8 Å². The molecule has 0 unspecified atom stereocenters. The second kappa shape index (κ2) is 6.22. The summed E-state index contributed by atoms with van der Waals surface area (Å²) in [5.74, 6) is 0.160. The lowest BCUT2D eigenvalue weighted by atomic mass is 10.1. The number of rotatable bonds is 4. The van der Waals surface area contributed by atoms with Gasteiger partial charge in [0.05, 0.1) is 4.92 Å². The number of hydrogen-bond donors (Lipinski definition) is 0. The molecule has 0 aromatic heterocycles. The van der Waals surface area contributed by atoms with Crippen LogP contribution in [0.2, 0.25) is 5.02 Å². The lowest BCUT2D eigenvalue weighted by molar-refractivity contribution is -0.385. The summed E-state index contributed by atoms with van der Waals surface area (Å²) in [5.41, 5.74) is -0.138. The first-order valence-corrected chi connectivity index (χ1v) is 7.06. The molecule has 1 aliphatic carbocycles. The number of carbonyl (C=O) groups excluding carboxylic acids is 1. The molecule has 2 rings (SSSR count). The van der Waals surface area contributed by atoms with E-state index in [1.54, 1.807) is 11.9 Å². The summed E-state index contributed by atoms with van der Waals surface area (Å²) in [4.78, 5) is 24.4. The van der Waals surface area contributed by atoms with Crippen LogP contribution >= 0.6 is 11.6 Å². The van der Waals surface area contributed by atoms with Crippen molar-refractivity contribution in [2.45, 2.75) is 25.7 Å². The Labute approximate surface area is 122 Å². The highest BCUT2D eigenvalue weighted by Gasteiger charge is 2.25. The van der Waals surface area contributed by atoms with Gasteiger partial charge in [0.25, 0.3) is 11.6 Å². The van der Waals surface area contributed by atoms with Gasteiger partial charge in [-0.2, -0.15) is 0 Å². The molecule has 0 aliphatic heterocycles. The predicted octanol–water partition coefficient (Wildman–Crippen LogP) is 3.51. The van der Waals surface area contributed by atoms with Gasteiger partial charge in [-0.1, -0.05) is 24.4 Å². The normalized spacial score (nSPS) is 15.3. The molecular weight excluding hydrogens is 280 g/mol. The summed E-state index contributed by atoms with van der Waals surface area (Å²) in [6.45, 7) is 0.641. The minimum atomic E-state index is -0.549. The summed E-state index contributed by atoms with van der Waals surface area (Å²) in [7, 11) is 1.69. The van der Waals surface area contributed by atoms with Gasteiger partial charge in [0, 0.05) is 24.7 Å². The van der Waals surface area contributed by atoms with Gasteiger partial charge >= 0.3 is 0 Å². The first-order valence-electron chi connectivity index (χ1n) is 6.68. The molecule has 0 radical (unpaired) electrons. The Morgan fingerprint density at radius 3 is 2.70 bits per heavy atom. The van der Waals surface area contributed by atoms with Crippen LogP contribution in [-0.2, 0) is 0 Å². The number of hydrogen-bond acceptors (Lipinski definition) is 3. The van der Waals surface area contributed by atoms with Crippen LogP contribution in [0.1, 0.15) is 36.0 Å². The molecule has 1 fully saturated rings. The Hall–Kier alpha value is -1.62. The van der Waals surface area contributed by atoms with Crippen molar-refractivity contribution in [3.05, 3.63) is 38.9 Å². The first-order chi connectivity index (χ1) is 9.49. The summed E-state index contributed by atoms with van der Waals surface area (Å²) >= 11 is 5.85. The van der Waals surface area contributed by atoms with Gasteiger partial charge in [0.2, 0.25) is 0 Å². The monoisotopic (exact) mass is 296 g/mol. The number of nitrogens with zero attached hydrogens (tertiary/aromatic N) is 2. The van der Waals surface area contributed by atoms with Gasteiger partial charge in [-0.3, -0.25) is 14.9 Å². The van der Waals surface area contributed by atoms with Crippen molar-refractivity contribution in [1.82, 2.24) is 4.90 Å². The zero-order valence-electron chi connectivity index (χ0n) is 11.3. The molecule has 20 heavy (non-hydrogen) atoms. The van der Waals surface area contributed by atoms with Crippen molar-refractivity contribution in [2.75, 3.05) is 13.6 Å². The van der Waals surface area contributed by atoms with Crippen LogP contribution in [0.5, 0.6) is 0 Å². The third-order valence-corrected chi connectivity index (χ3v) is 3.97. The molecule has 6 heteroatoms. The molecule has 0 heterocycles. The number of benzene rings is 1. The van der Waals surface area contributed by atoms with Crippen LogP contribution in [0.4, 0.5) is 5.69 Å². The van der Waals surface area contributed by atoms with Gasteiger partial charge in [-0.25, -0.2) is 0 Å². The summed E-state index contributed by atoms with van der Waals surface area (Å²) < 4.78 is 0. The van der Waals surface area contributed by atoms with Gasteiger partial charge < -0.3 is 4.90 Å². The maximum absolute atomic E-state index is 12.4. The van der Waals surface area contributed by atoms with Crippen LogP contribution < -0.4 is 0 Å². The lowest BCUT2D eigenvalue weighted by Crippen LogP contribution is -2.31. The second-order valence-corrected chi connectivity index (χ2v) is 5.69. The Kier molecular flexibility index (Phi) is 4.60. The lowest BCUT2D eigenvalue weighted by Gasteiger charge is -2.21. The average Bonchev–Trinajstić information content (AvgIpc) is 2.90. The number of nitro groups is 1. The van der Waals surface area contributed by atoms with Gasteiger partial charge in [0.15, 0.2) is 0 Å². The van der Waals surface area contributed by atoms with Crippen molar-refractivity contribution >= 4 is 23.2 Å². The molecule has 1 amide bonds. The largest absolute Gasteiger partial charge is 0.341 e. The van der Waals surface area contributed by atoms with Gasteiger partial charge in [-0.05, 0) is 30.9 Å². The fourth-order valence-corrected chi connectivity index (χ4v) is 2.88. The van der Waals surface area contributed by atoms with Gasteiger partial charge in [-0.15, -0.1) is 0 Å². The van der Waals surface area contributed by atoms with E-state index in [1.807, 2.05) is 0 Å². The van der Waals surface area contributed by atoms with Crippen molar-refractivity contribution in [1.29, 1.82) is 0 Å². The standard InChI is InChI=1S/C14H17ClN2O3/c1-16(9-10-4-2-3-5-10)14(18)12-8-11(15)6-7-13(12)17(19)20/h6-8,10H,2-5,9H2,1H3. The average molecular weight is 297 g/mol. The highest BCUT2D eigenvalue weighted by Crippen LogP contribution is 2.27. The zero-order chi connectivity index (χ0) is 14.7. The Balaban J connectivity index is 2.18. The third-order valence-electron chi connectivity index (χ3n) is 3.74. The Morgan fingerprint density at radius 1 is 1.45 bits per heavy atom. The molecule has 1 saturated carbocycles. The van der Waals surface area contributed by atoms with Crippen molar-refractivity contribution < 1.29 is 9.72 Å². The van der Waals surface area contributed by atoms with Crippen molar-refractivity contribution in [2.24, 2.45) is 5.92 Å². The quantitative estimate of drug-likeness (QED) is 0.631. The predicted molar refractivity (Wildman–Crippen MR) is 77.0 cm³/mol. The minimum Gasteiger partial charge on any atom is -0.341 e. The fourth-order valence-electron chi connectivity index (χ4n) is 2.71. The minimum absolute atomic E-state index is 0.0583. The SMILES string of the molecule is CN(CC1CCCC1)C(=O)c1cc(Cl)ccc1[N+](=O)[O-]. The number of halogens is 1. The third kappa shape index (κ3) is 3.28. The highest BCUT2D eigenvalue weighted by atomic mass is 35.5. The van der Waals surface area contributed by atoms with E-state index in [9.17, 15) is 14.9 Å². The maximum atomic E-state index is 12.4. The van der Waals surface area contributed by atoms with E-state index in [0.29, 0.717) is 17.5 Å². The van der Waals surface area contributed by atoms with E-state index >= 15 is 0 Å². The highest BCUT2D eigenvalue weighted by molar-refractivity contribution is 6.31. The molecule has 0 saturated heterocycles. The maximum Gasteiger partial charge on any atom is 0.282 e. The molecular formula is C14H17ClN2O3. The van der Waals surface area contributed by atoms with Gasteiger partial charge in [0.1, 0.15) is 5.56 Å². The van der Waals surface area contributed by atoms with Crippen LogP contribution in [0.15, 0.2) is 18.2 Å². The molecule has 0 atom stereocenters. The van der Waals surface area contributed by atoms with Crippen molar-refractivity contribution in [3.8, 4) is 0 Å². The van der Waals surface area contributed by atoms with Crippen LogP contribution in [0.25, 0.3) is 0 Å². The molecule has 1 aromatic rings. The summed E-state index contributed by atoms with van der Waals surface area (Å²) in [5, 5.41) is 11.3. The molecule has 1 aliphatic rings. The molecule has 0 N–H and O–H groups in total. The molecule has 0 spiro atoms. The fraction of sp³-hybridized carbons (Fsp3) is 0.500. The number of nitro benzene ring substituents is 1. The van der Waals surface area contributed by atoms with Crippen molar-refractivity contribution in [3.63, 3.8) is 0 Å². The van der Waals surface area contributed by atoms with E-state index in [2.05, 4.69) is 0 Å². The zero-order valence-corrected chi connectivity index (χ0v) is 12.1. The Bertz CT molecular complexity index is 527. The first kappa shape index (κ1) is 14.8. The summed E-state index contributed by atoms with van der Waals surface area (Å²) in [6, 6.07) is 4.07. The number of carbonyl (C=O) groups is 1. The van der Waals surface area contributed by atoms with E-state index in [4.69, 9.17) is 11.6 Å². The molecule has 5 nitrogen and oxygen atoms in total. The topological polar surface area (TPSA) is 63.5 Å². The Morgan fingerprint density at radius 2 is 2.10 bits per heavy atom. The van der Waals surface area contributed by atoms with E-state index in [-0.39, 0.29) is 17.2 Å². The van der Waals surface area contributed by atoms with E-state index in [1.165, 1.54) is 31.0 Å². The molecule has 0 bridgehead atoms.